The van der Waals surface area contributed by atoms with E-state index in [0.717, 1.165) is 22.9 Å². The van der Waals surface area contributed by atoms with E-state index in [1.54, 1.807) is 6.08 Å². The van der Waals surface area contributed by atoms with Crippen LogP contribution in [0.15, 0.2) is 36.2 Å². The van der Waals surface area contributed by atoms with Gasteiger partial charge < -0.3 is 14.8 Å². The summed E-state index contributed by atoms with van der Waals surface area (Å²) in [4.78, 5) is 27.6. The van der Waals surface area contributed by atoms with Crippen molar-refractivity contribution in [2.45, 2.75) is 25.7 Å². The number of carbonyl (C=O) groups is 2. The number of thiocarbonyl (C=S) groups is 1. The van der Waals surface area contributed by atoms with E-state index in [9.17, 15) is 9.59 Å². The third kappa shape index (κ3) is 3.88. The fourth-order valence-electron chi connectivity index (χ4n) is 2.77. The van der Waals surface area contributed by atoms with E-state index in [-0.39, 0.29) is 23.3 Å². The van der Waals surface area contributed by atoms with Gasteiger partial charge in [0, 0.05) is 35.6 Å². The first-order valence-electron chi connectivity index (χ1n) is 8.09. The Kier molecular flexibility index (Phi) is 5.14. The average molecular weight is 358 g/mol. The second kappa shape index (κ2) is 7.48. The van der Waals surface area contributed by atoms with Gasteiger partial charge in [-0.2, -0.15) is 0 Å². The SMILES string of the molecule is O=C(O)CCCCCN1C(=O)/C(=C/c2c[nH]c3ccccc23)OC1=S. The number of H-pyrrole nitrogens is 1. The fourth-order valence-corrected chi connectivity index (χ4v) is 3.03. The molecule has 2 aromatic rings. The first-order chi connectivity index (χ1) is 12.1. The van der Waals surface area contributed by atoms with Gasteiger partial charge in [-0.05, 0) is 37.2 Å². The van der Waals surface area contributed by atoms with Gasteiger partial charge in [-0.15, -0.1) is 0 Å². The molecule has 1 aromatic heterocycles. The number of fused-ring (bicyclic) bond motifs is 1. The number of hydrogen-bond acceptors (Lipinski definition) is 4. The van der Waals surface area contributed by atoms with Crippen LogP contribution in [-0.2, 0) is 14.3 Å². The number of nitrogens with zero attached hydrogens (tertiary/aromatic N) is 1. The molecular weight excluding hydrogens is 340 g/mol. The van der Waals surface area contributed by atoms with Crippen molar-refractivity contribution in [3.05, 3.63) is 41.8 Å². The summed E-state index contributed by atoms with van der Waals surface area (Å²) in [5.74, 6) is -0.853. The molecule has 1 fully saturated rings. The first-order valence-corrected chi connectivity index (χ1v) is 8.50. The van der Waals surface area contributed by atoms with Crippen LogP contribution in [0.3, 0.4) is 0 Å². The molecule has 0 aliphatic carbocycles. The van der Waals surface area contributed by atoms with Gasteiger partial charge in [0.25, 0.3) is 11.1 Å². The van der Waals surface area contributed by atoms with E-state index < -0.39 is 5.97 Å². The molecule has 2 N–H and O–H groups in total. The number of rotatable bonds is 7. The van der Waals surface area contributed by atoms with Crippen molar-refractivity contribution < 1.29 is 19.4 Å². The first kappa shape index (κ1) is 17.2. The zero-order chi connectivity index (χ0) is 17.8. The Morgan fingerprint density at radius 3 is 2.88 bits per heavy atom. The number of aromatic nitrogens is 1. The van der Waals surface area contributed by atoms with Gasteiger partial charge in [-0.25, -0.2) is 0 Å². The van der Waals surface area contributed by atoms with E-state index in [2.05, 4.69) is 4.98 Å². The number of aliphatic carboxylic acids is 1. The van der Waals surface area contributed by atoms with Gasteiger partial charge >= 0.3 is 5.97 Å². The van der Waals surface area contributed by atoms with Crippen LogP contribution < -0.4 is 0 Å². The molecule has 0 spiro atoms. The number of amides is 1. The van der Waals surface area contributed by atoms with Crippen LogP contribution in [0.4, 0.5) is 0 Å². The lowest BCUT2D eigenvalue weighted by molar-refractivity contribution is -0.137. The summed E-state index contributed by atoms with van der Waals surface area (Å²) in [7, 11) is 0. The Labute approximate surface area is 150 Å². The fraction of sp³-hybridized carbons (Fsp3) is 0.278. The number of ether oxygens (including phenoxy) is 1. The maximum absolute atomic E-state index is 12.5. The highest BCUT2D eigenvalue weighted by molar-refractivity contribution is 7.80. The Morgan fingerprint density at radius 1 is 1.28 bits per heavy atom. The molecule has 3 rings (SSSR count). The Hall–Kier alpha value is -2.67. The molecule has 0 saturated carbocycles. The van der Waals surface area contributed by atoms with Crippen molar-refractivity contribution >= 4 is 46.2 Å². The molecule has 25 heavy (non-hydrogen) atoms. The molecule has 1 saturated heterocycles. The van der Waals surface area contributed by atoms with Crippen LogP contribution in [-0.4, -0.2) is 38.6 Å². The molecule has 0 unspecified atom stereocenters. The lowest BCUT2D eigenvalue weighted by Gasteiger charge is -2.11. The van der Waals surface area contributed by atoms with Crippen molar-refractivity contribution in [1.29, 1.82) is 0 Å². The van der Waals surface area contributed by atoms with Gasteiger partial charge in [0.15, 0.2) is 5.76 Å². The average Bonchev–Trinajstić information content (AvgIpc) is 3.10. The molecule has 0 atom stereocenters. The minimum Gasteiger partial charge on any atom is -0.481 e. The number of hydrogen-bond donors (Lipinski definition) is 2. The molecule has 1 aliphatic heterocycles. The highest BCUT2D eigenvalue weighted by Gasteiger charge is 2.33. The third-order valence-electron chi connectivity index (χ3n) is 4.05. The zero-order valence-electron chi connectivity index (χ0n) is 13.5. The predicted molar refractivity (Wildman–Crippen MR) is 97.8 cm³/mol. The summed E-state index contributed by atoms with van der Waals surface area (Å²) in [6.07, 6.45) is 5.65. The lowest BCUT2D eigenvalue weighted by atomic mass is 10.1. The highest BCUT2D eigenvalue weighted by atomic mass is 32.1. The second-order valence-corrected chi connectivity index (χ2v) is 6.18. The lowest BCUT2D eigenvalue weighted by Crippen LogP contribution is -2.29. The standard InChI is InChI=1S/C18H18N2O4S/c21-16(22)8-2-1-5-9-20-17(23)15(24-18(20)25)10-12-11-19-14-7-4-3-6-13(12)14/h3-4,6-7,10-11,19H,1-2,5,8-9H2,(H,21,22)/b15-10-. The molecular formula is C18H18N2O4S. The van der Waals surface area contributed by atoms with Crippen molar-refractivity contribution in [1.82, 2.24) is 9.88 Å². The number of carboxylic acids is 1. The second-order valence-electron chi connectivity index (χ2n) is 5.83. The van der Waals surface area contributed by atoms with Gasteiger partial charge in [0.1, 0.15) is 0 Å². The third-order valence-corrected chi connectivity index (χ3v) is 4.36. The van der Waals surface area contributed by atoms with Crippen molar-refractivity contribution in [3.63, 3.8) is 0 Å². The normalized spacial score (nSPS) is 16.0. The number of aromatic amines is 1. The number of carbonyl (C=O) groups excluding carboxylic acids is 1. The van der Waals surface area contributed by atoms with Crippen LogP contribution in [0.2, 0.25) is 0 Å². The van der Waals surface area contributed by atoms with Gasteiger partial charge in [0.2, 0.25) is 0 Å². The van der Waals surface area contributed by atoms with Crippen LogP contribution in [0.1, 0.15) is 31.2 Å². The number of unbranched alkanes of at least 4 members (excludes halogenated alkanes) is 2. The molecule has 0 radical (unpaired) electrons. The number of benzene rings is 1. The molecule has 1 amide bonds. The van der Waals surface area contributed by atoms with Gasteiger partial charge in [-0.3, -0.25) is 14.5 Å². The molecule has 1 aliphatic rings. The van der Waals surface area contributed by atoms with E-state index in [1.165, 1.54) is 4.90 Å². The molecule has 2 heterocycles. The Bertz CT molecular complexity index is 856. The molecule has 0 bridgehead atoms. The molecule has 130 valence electrons. The predicted octanol–water partition coefficient (Wildman–Crippen LogP) is 3.30. The monoisotopic (exact) mass is 358 g/mol. The minimum atomic E-state index is -0.806. The Morgan fingerprint density at radius 2 is 2.08 bits per heavy atom. The number of para-hydroxylation sites is 1. The minimum absolute atomic E-state index is 0.139. The van der Waals surface area contributed by atoms with E-state index in [4.69, 9.17) is 22.1 Å². The number of nitrogens with one attached hydrogen (secondary N) is 1. The quantitative estimate of drug-likeness (QED) is 0.451. The number of carboxylic acid groups (broad SMARTS) is 1. The zero-order valence-corrected chi connectivity index (χ0v) is 14.3. The maximum atomic E-state index is 12.5. The van der Waals surface area contributed by atoms with E-state index in [0.29, 0.717) is 19.4 Å². The summed E-state index contributed by atoms with van der Waals surface area (Å²) in [6.45, 7) is 0.433. The van der Waals surface area contributed by atoms with E-state index >= 15 is 0 Å². The largest absolute Gasteiger partial charge is 0.481 e. The van der Waals surface area contributed by atoms with E-state index in [1.807, 2.05) is 30.5 Å². The topological polar surface area (TPSA) is 82.6 Å². The van der Waals surface area contributed by atoms with Crippen LogP contribution in [0.25, 0.3) is 17.0 Å². The van der Waals surface area contributed by atoms with Crippen molar-refractivity contribution in [2.75, 3.05) is 6.54 Å². The van der Waals surface area contributed by atoms with Crippen LogP contribution in [0, 0.1) is 0 Å². The summed E-state index contributed by atoms with van der Waals surface area (Å²) in [6, 6.07) is 7.80. The van der Waals surface area contributed by atoms with Gasteiger partial charge in [0.05, 0.1) is 0 Å². The van der Waals surface area contributed by atoms with Crippen LogP contribution >= 0.6 is 12.2 Å². The summed E-state index contributed by atoms with van der Waals surface area (Å²) in [5.41, 5.74) is 1.85. The summed E-state index contributed by atoms with van der Waals surface area (Å²) < 4.78 is 5.46. The van der Waals surface area contributed by atoms with Crippen molar-refractivity contribution in [3.8, 4) is 0 Å². The molecule has 1 aromatic carbocycles. The van der Waals surface area contributed by atoms with Crippen molar-refractivity contribution in [2.24, 2.45) is 0 Å². The molecule has 6 nitrogen and oxygen atoms in total. The molecule has 7 heteroatoms. The Balaban J connectivity index is 1.65. The maximum Gasteiger partial charge on any atom is 0.303 e. The van der Waals surface area contributed by atoms with Crippen LogP contribution in [0.5, 0.6) is 0 Å². The summed E-state index contributed by atoms with van der Waals surface area (Å²) >= 11 is 5.15. The smallest absolute Gasteiger partial charge is 0.303 e. The highest BCUT2D eigenvalue weighted by Crippen LogP contribution is 2.24. The summed E-state index contributed by atoms with van der Waals surface area (Å²) in [5, 5.41) is 9.78. The van der Waals surface area contributed by atoms with Gasteiger partial charge in [-0.1, -0.05) is 24.6 Å².